The number of hydrogen-bond donors (Lipinski definition) is 3. The maximum absolute atomic E-state index is 11.8. The van der Waals surface area contributed by atoms with E-state index >= 15 is 0 Å². The van der Waals surface area contributed by atoms with Crippen molar-refractivity contribution in [3.8, 4) is 0 Å². The Balaban J connectivity index is 1.67. The number of esters is 1. The van der Waals surface area contributed by atoms with E-state index in [1.165, 1.54) is 7.11 Å². The van der Waals surface area contributed by atoms with Crippen molar-refractivity contribution in [1.29, 1.82) is 0 Å². The van der Waals surface area contributed by atoms with Gasteiger partial charge in [0.15, 0.2) is 0 Å². The molecular formula is C19H21N3O4. The Labute approximate surface area is 151 Å². The van der Waals surface area contributed by atoms with Crippen LogP contribution in [0, 0.1) is 0 Å². The molecule has 2 aromatic rings. The lowest BCUT2D eigenvalue weighted by Gasteiger charge is -2.09. The smallest absolute Gasteiger partial charge is 0.337 e. The predicted octanol–water partition coefficient (Wildman–Crippen LogP) is 1.59. The molecule has 0 radical (unpaired) electrons. The molecule has 0 aromatic heterocycles. The molecule has 3 amide bonds. The fourth-order valence-corrected chi connectivity index (χ4v) is 2.14. The molecule has 3 N–H and O–H groups in total. The average molecular weight is 355 g/mol. The van der Waals surface area contributed by atoms with Crippen molar-refractivity contribution in [3.05, 3.63) is 71.3 Å². The second-order valence-corrected chi connectivity index (χ2v) is 5.49. The Morgan fingerprint density at radius 1 is 0.808 bits per heavy atom. The molecule has 7 nitrogen and oxygen atoms in total. The summed E-state index contributed by atoms with van der Waals surface area (Å²) >= 11 is 0. The summed E-state index contributed by atoms with van der Waals surface area (Å²) in [5, 5.41) is 7.87. The van der Waals surface area contributed by atoms with Gasteiger partial charge in [-0.15, -0.1) is 0 Å². The maximum atomic E-state index is 11.8. The molecule has 2 aromatic carbocycles. The number of urea groups is 1. The van der Waals surface area contributed by atoms with Gasteiger partial charge >= 0.3 is 12.0 Å². The molecule has 0 atom stereocenters. The van der Waals surface area contributed by atoms with Crippen LogP contribution in [0.5, 0.6) is 0 Å². The molecule has 0 aliphatic rings. The van der Waals surface area contributed by atoms with Gasteiger partial charge in [0.1, 0.15) is 0 Å². The van der Waals surface area contributed by atoms with Gasteiger partial charge in [-0.1, -0.05) is 42.5 Å². The van der Waals surface area contributed by atoms with Crippen LogP contribution in [0.1, 0.15) is 21.5 Å². The van der Waals surface area contributed by atoms with Crippen LogP contribution in [0.25, 0.3) is 0 Å². The molecule has 2 rings (SSSR count). The normalized spacial score (nSPS) is 9.88. The molecule has 0 saturated heterocycles. The SMILES string of the molecule is COC(=O)c1ccc(CNC(=O)CNC(=O)NCc2ccccc2)cc1. The van der Waals surface area contributed by atoms with Gasteiger partial charge in [0.05, 0.1) is 19.2 Å². The van der Waals surface area contributed by atoms with Crippen LogP contribution in [-0.4, -0.2) is 31.6 Å². The lowest BCUT2D eigenvalue weighted by molar-refractivity contribution is -0.120. The van der Waals surface area contributed by atoms with Gasteiger partial charge in [0.25, 0.3) is 0 Å². The van der Waals surface area contributed by atoms with Crippen LogP contribution >= 0.6 is 0 Å². The van der Waals surface area contributed by atoms with E-state index in [9.17, 15) is 14.4 Å². The predicted molar refractivity (Wildman–Crippen MR) is 96.3 cm³/mol. The molecule has 0 heterocycles. The van der Waals surface area contributed by atoms with Crippen molar-refractivity contribution in [1.82, 2.24) is 16.0 Å². The highest BCUT2D eigenvalue weighted by molar-refractivity contribution is 5.89. The van der Waals surface area contributed by atoms with Crippen LogP contribution in [0.15, 0.2) is 54.6 Å². The van der Waals surface area contributed by atoms with Crippen molar-refractivity contribution in [2.24, 2.45) is 0 Å². The molecular weight excluding hydrogens is 334 g/mol. The zero-order chi connectivity index (χ0) is 18.8. The Morgan fingerprint density at radius 2 is 1.42 bits per heavy atom. The first-order valence-corrected chi connectivity index (χ1v) is 8.08. The minimum Gasteiger partial charge on any atom is -0.465 e. The lowest BCUT2D eigenvalue weighted by atomic mass is 10.1. The van der Waals surface area contributed by atoms with Gasteiger partial charge in [-0.3, -0.25) is 4.79 Å². The van der Waals surface area contributed by atoms with Gasteiger partial charge in [0, 0.05) is 13.1 Å². The van der Waals surface area contributed by atoms with Crippen LogP contribution in [0.3, 0.4) is 0 Å². The number of rotatable bonds is 7. The lowest BCUT2D eigenvalue weighted by Crippen LogP contribution is -2.41. The van der Waals surface area contributed by atoms with Crippen LogP contribution in [0.2, 0.25) is 0 Å². The van der Waals surface area contributed by atoms with Crippen LogP contribution in [-0.2, 0) is 22.6 Å². The minimum atomic E-state index is -0.411. The average Bonchev–Trinajstić information content (AvgIpc) is 2.69. The van der Waals surface area contributed by atoms with E-state index in [2.05, 4.69) is 20.7 Å². The topological polar surface area (TPSA) is 96.5 Å². The monoisotopic (exact) mass is 355 g/mol. The summed E-state index contributed by atoms with van der Waals surface area (Å²) in [6.45, 7) is 0.565. The summed E-state index contributed by atoms with van der Waals surface area (Å²) in [7, 11) is 1.32. The van der Waals surface area contributed by atoms with Crippen molar-refractivity contribution < 1.29 is 19.1 Å². The number of benzene rings is 2. The number of nitrogens with one attached hydrogen (secondary N) is 3. The van der Waals surface area contributed by atoms with Crippen molar-refractivity contribution in [3.63, 3.8) is 0 Å². The first-order chi connectivity index (χ1) is 12.6. The quantitative estimate of drug-likeness (QED) is 0.657. The molecule has 26 heavy (non-hydrogen) atoms. The van der Waals surface area contributed by atoms with Gasteiger partial charge in [-0.2, -0.15) is 0 Å². The third-order valence-corrected chi connectivity index (χ3v) is 3.57. The first-order valence-electron chi connectivity index (χ1n) is 8.08. The second kappa shape index (κ2) is 9.83. The molecule has 0 aliphatic heterocycles. The Hall–Kier alpha value is -3.35. The number of ether oxygens (including phenoxy) is 1. The molecule has 7 heteroatoms. The zero-order valence-corrected chi connectivity index (χ0v) is 14.5. The molecule has 0 fully saturated rings. The number of hydrogen-bond acceptors (Lipinski definition) is 4. The maximum Gasteiger partial charge on any atom is 0.337 e. The first kappa shape index (κ1) is 19.0. The highest BCUT2D eigenvalue weighted by atomic mass is 16.5. The minimum absolute atomic E-state index is 0.124. The second-order valence-electron chi connectivity index (χ2n) is 5.49. The fraction of sp³-hybridized carbons (Fsp3) is 0.211. The summed E-state index contributed by atoms with van der Waals surface area (Å²) in [6, 6.07) is 15.8. The van der Waals surface area contributed by atoms with Crippen LogP contribution < -0.4 is 16.0 Å². The molecule has 0 spiro atoms. The molecule has 0 unspecified atom stereocenters. The Kier molecular flexibility index (Phi) is 7.17. The largest absolute Gasteiger partial charge is 0.465 e. The van der Waals surface area contributed by atoms with E-state index in [4.69, 9.17) is 0 Å². The highest BCUT2D eigenvalue weighted by Crippen LogP contribution is 2.05. The summed E-state index contributed by atoms with van der Waals surface area (Å²) in [6.07, 6.45) is 0. The van der Waals surface area contributed by atoms with E-state index in [0.717, 1.165) is 11.1 Å². The molecule has 0 saturated carbocycles. The van der Waals surface area contributed by atoms with E-state index < -0.39 is 12.0 Å². The Morgan fingerprint density at radius 3 is 2.08 bits per heavy atom. The van der Waals surface area contributed by atoms with E-state index in [0.29, 0.717) is 18.7 Å². The summed E-state index contributed by atoms with van der Waals surface area (Å²) < 4.78 is 4.62. The van der Waals surface area contributed by atoms with Gasteiger partial charge in [0.2, 0.25) is 5.91 Å². The highest BCUT2D eigenvalue weighted by Gasteiger charge is 2.07. The summed E-state index contributed by atoms with van der Waals surface area (Å²) in [5.74, 6) is -0.719. The van der Waals surface area contributed by atoms with Crippen LogP contribution in [0.4, 0.5) is 4.79 Å². The number of carbonyl (C=O) groups is 3. The van der Waals surface area contributed by atoms with Gasteiger partial charge < -0.3 is 20.7 Å². The molecule has 0 bridgehead atoms. The van der Waals surface area contributed by atoms with Crippen molar-refractivity contribution >= 4 is 17.9 Å². The molecule has 136 valence electrons. The van der Waals surface area contributed by atoms with Gasteiger partial charge in [-0.05, 0) is 23.3 Å². The molecule has 0 aliphatic carbocycles. The number of amides is 3. The van der Waals surface area contributed by atoms with E-state index in [1.807, 2.05) is 30.3 Å². The van der Waals surface area contributed by atoms with Gasteiger partial charge in [-0.25, -0.2) is 9.59 Å². The third kappa shape index (κ3) is 6.27. The summed E-state index contributed by atoms with van der Waals surface area (Å²) in [5.41, 5.74) is 2.25. The standard InChI is InChI=1S/C19H21N3O4/c1-26-18(24)16-9-7-15(8-10-16)11-20-17(23)13-22-19(25)21-12-14-5-3-2-4-6-14/h2-10H,11-13H2,1H3,(H,20,23)(H2,21,22,25). The zero-order valence-electron chi connectivity index (χ0n) is 14.5. The van der Waals surface area contributed by atoms with Crippen molar-refractivity contribution in [2.45, 2.75) is 13.1 Å². The third-order valence-electron chi connectivity index (χ3n) is 3.57. The number of carbonyl (C=O) groups excluding carboxylic acids is 3. The Bertz CT molecular complexity index is 745. The van der Waals surface area contributed by atoms with Crippen molar-refractivity contribution in [2.75, 3.05) is 13.7 Å². The van der Waals surface area contributed by atoms with E-state index in [1.54, 1.807) is 24.3 Å². The fourth-order valence-electron chi connectivity index (χ4n) is 2.14. The summed E-state index contributed by atoms with van der Waals surface area (Å²) in [4.78, 5) is 34.8. The van der Waals surface area contributed by atoms with E-state index in [-0.39, 0.29) is 12.5 Å². The number of methoxy groups -OCH3 is 1.